The number of nitrogens with one attached hydrogen (secondary N) is 1. The Morgan fingerprint density at radius 3 is 2.72 bits per heavy atom. The smallest absolute Gasteiger partial charge is 0.339 e. The van der Waals surface area contributed by atoms with Crippen LogP contribution < -0.4 is 5.32 Å². The largest absolute Gasteiger partial charge is 0.507 e. The fraction of sp³-hybridized carbons (Fsp3) is 0.560. The number of ketones is 1. The maximum atomic E-state index is 12.6. The van der Waals surface area contributed by atoms with Gasteiger partial charge in [-0.2, -0.15) is 11.8 Å². The molecule has 2 unspecified atom stereocenters. The topological polar surface area (TPSA) is 141 Å². The first-order valence-electron chi connectivity index (χ1n) is 12.2. The number of benzene rings is 1. The van der Waals surface area contributed by atoms with Crippen molar-refractivity contribution in [3.8, 4) is 5.75 Å². The Balaban J connectivity index is 1.34. The van der Waals surface area contributed by atoms with Gasteiger partial charge in [0, 0.05) is 36.8 Å². The van der Waals surface area contributed by atoms with Crippen LogP contribution in [0, 0.1) is 0 Å². The summed E-state index contributed by atoms with van der Waals surface area (Å²) < 4.78 is 0. The van der Waals surface area contributed by atoms with Crippen molar-refractivity contribution in [1.82, 2.24) is 10.2 Å². The molecular formula is C25H32N2O7S2. The van der Waals surface area contributed by atoms with Gasteiger partial charge in [0.15, 0.2) is 5.78 Å². The Hall–Kier alpha value is -2.53. The van der Waals surface area contributed by atoms with Gasteiger partial charge < -0.3 is 15.5 Å². The molecule has 3 N–H and O–H groups in total. The van der Waals surface area contributed by atoms with E-state index in [1.807, 2.05) is 11.8 Å². The van der Waals surface area contributed by atoms with E-state index in [2.05, 4.69) is 5.32 Å². The van der Waals surface area contributed by atoms with Gasteiger partial charge >= 0.3 is 5.97 Å². The van der Waals surface area contributed by atoms with E-state index < -0.39 is 34.6 Å². The zero-order valence-electron chi connectivity index (χ0n) is 20.1. The van der Waals surface area contributed by atoms with E-state index in [-0.39, 0.29) is 30.9 Å². The van der Waals surface area contributed by atoms with E-state index in [1.165, 1.54) is 55.0 Å². The van der Waals surface area contributed by atoms with Crippen LogP contribution in [0.1, 0.15) is 60.9 Å². The third-order valence-corrected chi connectivity index (χ3v) is 8.85. The first kappa shape index (κ1) is 28.0. The molecule has 1 aromatic carbocycles. The number of imide groups is 1. The van der Waals surface area contributed by atoms with E-state index in [4.69, 9.17) is 5.11 Å². The molecular weight excluding hydrogens is 504 g/mol. The van der Waals surface area contributed by atoms with Gasteiger partial charge in [0.05, 0.1) is 11.8 Å². The Bertz CT molecular complexity index is 995. The van der Waals surface area contributed by atoms with Crippen LogP contribution in [-0.4, -0.2) is 79.7 Å². The first-order chi connectivity index (χ1) is 17.2. The summed E-state index contributed by atoms with van der Waals surface area (Å²) in [5, 5.41) is 21.7. The SMILES string of the molecule is O=C(Cc1ccc(O)c(C(=O)O)c1)CN1C(=O)CC(SCCNC(=O)CCCCC2CCCS2)C1=O. The Kier molecular flexibility index (Phi) is 10.7. The zero-order valence-corrected chi connectivity index (χ0v) is 21.7. The van der Waals surface area contributed by atoms with Crippen molar-refractivity contribution in [3.63, 3.8) is 0 Å². The van der Waals surface area contributed by atoms with Crippen molar-refractivity contribution < 1.29 is 34.2 Å². The molecule has 0 aromatic heterocycles. The number of likely N-dealkylation sites (tertiary alicyclic amines) is 1. The van der Waals surface area contributed by atoms with Crippen LogP contribution >= 0.6 is 23.5 Å². The van der Waals surface area contributed by atoms with Crippen molar-refractivity contribution in [3.05, 3.63) is 29.3 Å². The quantitative estimate of drug-likeness (QED) is 0.242. The van der Waals surface area contributed by atoms with Gasteiger partial charge in [-0.05, 0) is 49.1 Å². The highest BCUT2D eigenvalue weighted by Gasteiger charge is 2.39. The number of phenols is 1. The number of thioether (sulfide) groups is 2. The van der Waals surface area contributed by atoms with E-state index >= 15 is 0 Å². The molecule has 36 heavy (non-hydrogen) atoms. The number of aromatic carboxylic acids is 1. The molecule has 0 aliphatic carbocycles. The number of aromatic hydroxyl groups is 1. The summed E-state index contributed by atoms with van der Waals surface area (Å²) in [6.07, 6.45) is 6.01. The molecule has 2 heterocycles. The van der Waals surface area contributed by atoms with Gasteiger partial charge in [-0.3, -0.25) is 24.1 Å². The second-order valence-corrected chi connectivity index (χ2v) is 11.7. The number of unbranched alkanes of at least 4 members (excludes halogenated alkanes) is 1. The minimum absolute atomic E-state index is 0.00370. The predicted octanol–water partition coefficient (Wildman–Crippen LogP) is 2.63. The number of amides is 3. The zero-order chi connectivity index (χ0) is 26.1. The van der Waals surface area contributed by atoms with Crippen molar-refractivity contribution >= 4 is 53.0 Å². The van der Waals surface area contributed by atoms with Crippen LogP contribution in [-0.2, 0) is 25.6 Å². The molecule has 9 nitrogen and oxygen atoms in total. The third-order valence-electron chi connectivity index (χ3n) is 6.18. The Morgan fingerprint density at radius 1 is 1.19 bits per heavy atom. The predicted molar refractivity (Wildman–Crippen MR) is 138 cm³/mol. The molecule has 0 saturated carbocycles. The van der Waals surface area contributed by atoms with Crippen LogP contribution in [0.15, 0.2) is 18.2 Å². The third kappa shape index (κ3) is 8.26. The van der Waals surface area contributed by atoms with E-state index in [0.29, 0.717) is 24.3 Å². The van der Waals surface area contributed by atoms with Crippen LogP contribution in [0.5, 0.6) is 5.75 Å². The first-order valence-corrected chi connectivity index (χ1v) is 14.3. The number of carboxylic acids is 1. The van der Waals surface area contributed by atoms with Crippen molar-refractivity contribution in [1.29, 1.82) is 0 Å². The molecule has 3 rings (SSSR count). The summed E-state index contributed by atoms with van der Waals surface area (Å²) in [4.78, 5) is 61.5. The van der Waals surface area contributed by atoms with E-state index in [1.54, 1.807) is 0 Å². The number of nitrogens with zero attached hydrogens (tertiary/aromatic N) is 1. The molecule has 0 bridgehead atoms. The van der Waals surface area contributed by atoms with Crippen LogP contribution in [0.3, 0.4) is 0 Å². The van der Waals surface area contributed by atoms with E-state index in [9.17, 15) is 29.1 Å². The number of carbonyl (C=O) groups excluding carboxylic acids is 4. The maximum absolute atomic E-state index is 12.6. The summed E-state index contributed by atoms with van der Waals surface area (Å²) in [7, 11) is 0. The van der Waals surface area contributed by atoms with Crippen molar-refractivity contribution in [2.45, 2.75) is 61.9 Å². The van der Waals surface area contributed by atoms with Gasteiger partial charge in [-0.25, -0.2) is 4.79 Å². The molecule has 2 aliphatic rings. The average Bonchev–Trinajstić information content (AvgIpc) is 3.44. The van der Waals surface area contributed by atoms with Gasteiger partial charge in [0.2, 0.25) is 17.7 Å². The molecule has 11 heteroatoms. The number of carboxylic acid groups (broad SMARTS) is 1. The second kappa shape index (κ2) is 13.7. The Labute approximate surface area is 218 Å². The summed E-state index contributed by atoms with van der Waals surface area (Å²) in [5.74, 6) is -1.25. The fourth-order valence-electron chi connectivity index (χ4n) is 4.28. The fourth-order valence-corrected chi connectivity index (χ4v) is 6.65. The van der Waals surface area contributed by atoms with Crippen molar-refractivity contribution in [2.24, 2.45) is 0 Å². The minimum atomic E-state index is -1.32. The van der Waals surface area contributed by atoms with Gasteiger partial charge in [0.25, 0.3) is 0 Å². The molecule has 3 amide bonds. The Morgan fingerprint density at radius 2 is 2.00 bits per heavy atom. The lowest BCUT2D eigenvalue weighted by Crippen LogP contribution is -2.36. The number of Topliss-reactive ketones (excluding diaryl/α,β-unsaturated/α-hetero) is 1. The molecule has 2 atom stereocenters. The second-order valence-electron chi connectivity index (χ2n) is 8.98. The van der Waals surface area contributed by atoms with Crippen molar-refractivity contribution in [2.75, 3.05) is 24.6 Å². The van der Waals surface area contributed by atoms with Gasteiger partial charge in [0.1, 0.15) is 11.3 Å². The molecule has 0 radical (unpaired) electrons. The molecule has 1 aromatic rings. The summed E-state index contributed by atoms with van der Waals surface area (Å²) in [6.45, 7) is 0.0275. The lowest BCUT2D eigenvalue weighted by Gasteiger charge is -2.14. The summed E-state index contributed by atoms with van der Waals surface area (Å²) in [6, 6.07) is 3.82. The van der Waals surface area contributed by atoms with E-state index in [0.717, 1.165) is 23.0 Å². The number of carbonyl (C=O) groups is 5. The summed E-state index contributed by atoms with van der Waals surface area (Å²) >= 11 is 3.32. The summed E-state index contributed by atoms with van der Waals surface area (Å²) in [5.41, 5.74) is 0.0498. The number of hydrogen-bond acceptors (Lipinski definition) is 8. The highest BCUT2D eigenvalue weighted by molar-refractivity contribution is 8.00. The average molecular weight is 537 g/mol. The number of hydrogen-bond donors (Lipinski definition) is 3. The van der Waals surface area contributed by atoms with Crippen LogP contribution in [0.25, 0.3) is 0 Å². The molecule has 2 saturated heterocycles. The molecule has 2 fully saturated rings. The molecule has 2 aliphatic heterocycles. The minimum Gasteiger partial charge on any atom is -0.507 e. The lowest BCUT2D eigenvalue weighted by molar-refractivity contribution is -0.141. The van der Waals surface area contributed by atoms with Gasteiger partial charge in [-0.1, -0.05) is 12.5 Å². The highest BCUT2D eigenvalue weighted by atomic mass is 32.2. The normalized spacial score (nSPS) is 19.6. The lowest BCUT2D eigenvalue weighted by atomic mass is 10.0. The maximum Gasteiger partial charge on any atom is 0.339 e. The van der Waals surface area contributed by atoms with Gasteiger partial charge in [-0.15, -0.1) is 11.8 Å². The molecule has 0 spiro atoms. The standard InChI is InChI=1S/C25H32N2O7S2/c28-17(12-16-7-8-20(29)19(13-16)25(33)34)15-27-23(31)14-21(24(27)32)36-11-9-26-22(30)6-2-1-4-18-5-3-10-35-18/h7-8,13,18,21,29H,1-6,9-12,14-15H2,(H,26,30)(H,33,34). The molecule has 196 valence electrons. The van der Waals surface area contributed by atoms with Crippen LogP contribution in [0.4, 0.5) is 0 Å². The van der Waals surface area contributed by atoms with Crippen LogP contribution in [0.2, 0.25) is 0 Å². The number of rotatable bonds is 14. The monoisotopic (exact) mass is 536 g/mol. The highest BCUT2D eigenvalue weighted by Crippen LogP contribution is 2.30.